The average molecular weight is 293 g/mol. The summed E-state index contributed by atoms with van der Waals surface area (Å²) >= 11 is 0. The highest BCUT2D eigenvalue weighted by Gasteiger charge is 2.29. The summed E-state index contributed by atoms with van der Waals surface area (Å²) in [5.41, 5.74) is 6.70. The van der Waals surface area contributed by atoms with Gasteiger partial charge in [0.25, 0.3) is 5.88 Å². The lowest BCUT2D eigenvalue weighted by atomic mass is 10.2. The van der Waals surface area contributed by atoms with Crippen LogP contribution in [0.4, 0.5) is 5.95 Å². The van der Waals surface area contributed by atoms with Crippen LogP contribution in [0, 0.1) is 0 Å². The topological polar surface area (TPSA) is 97.3 Å². The van der Waals surface area contributed by atoms with Crippen molar-refractivity contribution in [2.45, 2.75) is 13.0 Å². The zero-order valence-corrected chi connectivity index (χ0v) is 11.9. The summed E-state index contributed by atoms with van der Waals surface area (Å²) in [5.74, 6) is 1.97. The molecule has 3 heterocycles. The number of pyridine rings is 1. The van der Waals surface area contributed by atoms with E-state index < -0.39 is 0 Å². The summed E-state index contributed by atoms with van der Waals surface area (Å²) in [6.45, 7) is 3.22. The summed E-state index contributed by atoms with van der Waals surface area (Å²) in [6.07, 6.45) is 1.65. The molecule has 114 valence electrons. The van der Waals surface area contributed by atoms with Gasteiger partial charge in [0.15, 0.2) is 11.6 Å². The van der Waals surface area contributed by atoms with Crippen molar-refractivity contribution in [3.63, 3.8) is 0 Å². The molecular weight excluding hydrogens is 274 g/mol. The summed E-state index contributed by atoms with van der Waals surface area (Å²) in [6, 6.07) is 1.70. The maximum absolute atomic E-state index is 5.94. The minimum atomic E-state index is -0.109. The normalized spacial score (nSPS) is 16.6. The molecule has 0 aliphatic carbocycles. The largest absolute Gasteiger partial charge is 0.485 e. The van der Waals surface area contributed by atoms with Gasteiger partial charge in [0.1, 0.15) is 6.61 Å². The third-order valence-corrected chi connectivity index (χ3v) is 3.26. The number of rotatable bonds is 4. The number of nitrogens with zero attached hydrogens (tertiary/aromatic N) is 4. The van der Waals surface area contributed by atoms with Gasteiger partial charge in [-0.15, -0.1) is 10.2 Å². The smallest absolute Gasteiger partial charge is 0.257 e. The van der Waals surface area contributed by atoms with Crippen LogP contribution in [0.1, 0.15) is 14.4 Å². The molecule has 2 N–H and O–H groups in total. The maximum atomic E-state index is 5.94. The van der Waals surface area contributed by atoms with Gasteiger partial charge < -0.3 is 19.9 Å². The van der Waals surface area contributed by atoms with Crippen molar-refractivity contribution in [3.05, 3.63) is 12.3 Å². The van der Waals surface area contributed by atoms with Gasteiger partial charge in [-0.25, -0.2) is 4.98 Å². The molecule has 8 heteroatoms. The predicted molar refractivity (Wildman–Crippen MR) is 77.4 cm³/mol. The van der Waals surface area contributed by atoms with Gasteiger partial charge in [-0.2, -0.15) is 0 Å². The third kappa shape index (κ3) is 2.27. The SMILES string of the molecule is CCOc1nccc2c1OC[C@H](COC)n1c(N)nnc1-2.[HH]. The van der Waals surface area contributed by atoms with Crippen LogP contribution < -0.4 is 15.2 Å². The molecule has 0 unspecified atom stereocenters. The molecule has 1 aliphatic rings. The molecule has 0 spiro atoms. The Hall–Kier alpha value is -2.35. The first kappa shape index (κ1) is 13.6. The van der Waals surface area contributed by atoms with Crippen LogP contribution >= 0.6 is 0 Å². The van der Waals surface area contributed by atoms with Gasteiger partial charge in [0, 0.05) is 14.7 Å². The monoisotopic (exact) mass is 293 g/mol. The van der Waals surface area contributed by atoms with Gasteiger partial charge in [0.05, 0.1) is 24.8 Å². The highest BCUT2D eigenvalue weighted by atomic mass is 16.5. The fraction of sp³-hybridized carbons (Fsp3) is 0.462. The zero-order chi connectivity index (χ0) is 14.8. The highest BCUT2D eigenvalue weighted by molar-refractivity contribution is 5.68. The molecule has 0 bridgehead atoms. The van der Waals surface area contributed by atoms with E-state index in [1.54, 1.807) is 13.3 Å². The number of nitrogens with two attached hydrogens (primary N) is 1. The molecule has 0 amide bonds. The lowest BCUT2D eigenvalue weighted by Gasteiger charge is -2.17. The number of aromatic nitrogens is 4. The van der Waals surface area contributed by atoms with Crippen molar-refractivity contribution < 1.29 is 15.6 Å². The number of hydrogen-bond donors (Lipinski definition) is 1. The maximum Gasteiger partial charge on any atom is 0.257 e. The number of hydrogen-bond acceptors (Lipinski definition) is 7. The minimum absolute atomic E-state index is 0. The second kappa shape index (κ2) is 5.57. The van der Waals surface area contributed by atoms with Crippen LogP contribution in [0.5, 0.6) is 11.6 Å². The Morgan fingerprint density at radius 1 is 1.52 bits per heavy atom. The van der Waals surface area contributed by atoms with Crippen LogP contribution in [0.2, 0.25) is 0 Å². The summed E-state index contributed by atoms with van der Waals surface area (Å²) in [5, 5.41) is 8.13. The van der Waals surface area contributed by atoms with Crippen LogP contribution in [0.15, 0.2) is 12.3 Å². The fourth-order valence-electron chi connectivity index (χ4n) is 2.40. The molecule has 2 aromatic rings. The second-order valence-electron chi connectivity index (χ2n) is 4.60. The first-order valence-electron chi connectivity index (χ1n) is 6.70. The first-order chi connectivity index (χ1) is 10.3. The number of methoxy groups -OCH3 is 1. The number of anilines is 1. The molecule has 0 saturated carbocycles. The van der Waals surface area contributed by atoms with E-state index in [1.807, 2.05) is 17.6 Å². The summed E-state index contributed by atoms with van der Waals surface area (Å²) in [4.78, 5) is 4.21. The van der Waals surface area contributed by atoms with Gasteiger partial charge in [0.2, 0.25) is 5.95 Å². The van der Waals surface area contributed by atoms with E-state index in [2.05, 4.69) is 15.2 Å². The zero-order valence-electron chi connectivity index (χ0n) is 11.9. The van der Waals surface area contributed by atoms with Crippen LogP contribution in [-0.2, 0) is 4.74 Å². The second-order valence-corrected chi connectivity index (χ2v) is 4.60. The third-order valence-electron chi connectivity index (χ3n) is 3.26. The van der Waals surface area contributed by atoms with Gasteiger partial charge in [-0.3, -0.25) is 4.57 Å². The Kier molecular flexibility index (Phi) is 3.61. The molecular formula is C13H19N5O3. The van der Waals surface area contributed by atoms with Crippen molar-refractivity contribution in [1.82, 2.24) is 19.7 Å². The highest BCUT2D eigenvalue weighted by Crippen LogP contribution is 2.40. The Balaban J connectivity index is 0.00000176. The molecule has 21 heavy (non-hydrogen) atoms. The summed E-state index contributed by atoms with van der Waals surface area (Å²) < 4.78 is 18.5. The van der Waals surface area contributed by atoms with E-state index in [9.17, 15) is 0 Å². The number of fused-ring (bicyclic) bond motifs is 3. The van der Waals surface area contributed by atoms with Crippen molar-refractivity contribution >= 4 is 5.95 Å². The Bertz CT molecular complexity index is 649. The summed E-state index contributed by atoms with van der Waals surface area (Å²) in [7, 11) is 1.63. The Labute approximate surface area is 123 Å². The van der Waals surface area contributed by atoms with Crippen molar-refractivity contribution in [2.75, 3.05) is 32.7 Å². The van der Waals surface area contributed by atoms with E-state index >= 15 is 0 Å². The molecule has 8 nitrogen and oxygen atoms in total. The average Bonchev–Trinajstić information content (AvgIpc) is 2.78. The number of nitrogen functional groups attached to an aromatic ring is 1. The van der Waals surface area contributed by atoms with Crippen molar-refractivity contribution in [2.24, 2.45) is 0 Å². The van der Waals surface area contributed by atoms with E-state index in [4.69, 9.17) is 19.9 Å². The van der Waals surface area contributed by atoms with Crippen LogP contribution in [0.25, 0.3) is 11.4 Å². The predicted octanol–water partition coefficient (Wildman–Crippen LogP) is 1.15. The molecule has 0 aromatic carbocycles. The van der Waals surface area contributed by atoms with Crippen molar-refractivity contribution in [3.8, 4) is 23.0 Å². The molecule has 1 aliphatic heterocycles. The fourth-order valence-corrected chi connectivity index (χ4v) is 2.40. The van der Waals surface area contributed by atoms with E-state index in [0.29, 0.717) is 43.2 Å². The van der Waals surface area contributed by atoms with Crippen LogP contribution in [-0.4, -0.2) is 46.7 Å². The molecule has 2 aromatic heterocycles. The standard InChI is InChI=1S/C13H17N5O3.H2/c1-3-20-12-10-9(4-5-15-12)11-16-17-13(14)18(11)8(6-19-2)7-21-10;/h4-5,8H,3,6-7H2,1-2H3,(H2,14,17);1H/t8-;/m0./s1. The van der Waals surface area contributed by atoms with Crippen LogP contribution in [0.3, 0.4) is 0 Å². The lowest BCUT2D eigenvalue weighted by molar-refractivity contribution is 0.124. The first-order valence-corrected chi connectivity index (χ1v) is 6.70. The van der Waals surface area contributed by atoms with E-state index in [-0.39, 0.29) is 7.47 Å². The van der Waals surface area contributed by atoms with Gasteiger partial charge in [-0.1, -0.05) is 0 Å². The molecule has 0 fully saturated rings. The minimum Gasteiger partial charge on any atom is -0.485 e. The lowest BCUT2D eigenvalue weighted by Crippen LogP contribution is -2.22. The Morgan fingerprint density at radius 2 is 2.38 bits per heavy atom. The quantitative estimate of drug-likeness (QED) is 0.902. The Morgan fingerprint density at radius 3 is 3.14 bits per heavy atom. The molecule has 0 saturated heterocycles. The van der Waals surface area contributed by atoms with Gasteiger partial charge >= 0.3 is 0 Å². The van der Waals surface area contributed by atoms with Gasteiger partial charge in [-0.05, 0) is 13.0 Å². The number of ether oxygens (including phenoxy) is 3. The van der Waals surface area contributed by atoms with E-state index in [0.717, 1.165) is 5.56 Å². The van der Waals surface area contributed by atoms with E-state index in [1.165, 1.54) is 0 Å². The van der Waals surface area contributed by atoms with Crippen molar-refractivity contribution in [1.29, 1.82) is 0 Å². The molecule has 0 radical (unpaired) electrons. The molecule has 1 atom stereocenters. The molecule has 3 rings (SSSR count).